The van der Waals surface area contributed by atoms with Gasteiger partial charge in [-0.25, -0.2) is 0 Å². The van der Waals surface area contributed by atoms with Crippen molar-refractivity contribution in [2.45, 2.75) is 9.79 Å². The van der Waals surface area contributed by atoms with Crippen molar-refractivity contribution >= 4 is 23.5 Å². The molecule has 0 saturated heterocycles. The minimum Gasteiger partial charge on any atom is -0.349 e. The molecule has 3 rings (SSSR count). The Bertz CT molecular complexity index is 570. The number of nitrogens with zero attached hydrogens (tertiary/aromatic N) is 2. The summed E-state index contributed by atoms with van der Waals surface area (Å²) in [6.45, 7) is 0.935. The molecule has 2 aromatic rings. The van der Waals surface area contributed by atoms with E-state index in [0.29, 0.717) is 0 Å². The number of rotatable bonds is 4. The number of thioether (sulfide) groups is 2. The van der Waals surface area contributed by atoms with Gasteiger partial charge < -0.3 is 9.80 Å². The third-order valence-corrected chi connectivity index (χ3v) is 5.76. The van der Waals surface area contributed by atoms with E-state index in [9.17, 15) is 0 Å². The molecule has 0 aliphatic carbocycles. The van der Waals surface area contributed by atoms with Gasteiger partial charge in [-0.3, -0.25) is 0 Å². The molecule has 2 nitrogen and oxygen atoms in total. The summed E-state index contributed by atoms with van der Waals surface area (Å²) in [5.74, 6) is 0. The summed E-state index contributed by atoms with van der Waals surface area (Å²) in [6, 6.07) is 21.1. The Morgan fingerprint density at radius 2 is 1.05 bits per heavy atom. The van der Waals surface area contributed by atoms with Crippen LogP contribution in [0.15, 0.2) is 80.5 Å². The molecule has 4 heteroatoms. The zero-order valence-electron chi connectivity index (χ0n) is 12.2. The van der Waals surface area contributed by atoms with Gasteiger partial charge in [0.25, 0.3) is 0 Å². The molecule has 0 spiro atoms. The van der Waals surface area contributed by atoms with E-state index >= 15 is 0 Å². The Balaban J connectivity index is 1.88. The monoisotopic (exact) mass is 314 g/mol. The predicted octanol–water partition coefficient (Wildman–Crippen LogP) is 4.53. The number of hydrogen-bond donors (Lipinski definition) is 0. The van der Waals surface area contributed by atoms with Crippen molar-refractivity contribution in [3.05, 3.63) is 70.7 Å². The first kappa shape index (κ1) is 14.4. The first-order valence-corrected chi connectivity index (χ1v) is 8.49. The molecule has 21 heavy (non-hydrogen) atoms. The van der Waals surface area contributed by atoms with Gasteiger partial charge in [-0.2, -0.15) is 0 Å². The maximum Gasteiger partial charge on any atom is 0.108 e. The minimum atomic E-state index is 0.935. The fourth-order valence-corrected chi connectivity index (χ4v) is 4.41. The molecule has 0 amide bonds. The maximum atomic E-state index is 2.31. The molecule has 0 fully saturated rings. The Labute approximate surface area is 134 Å². The lowest BCUT2D eigenvalue weighted by molar-refractivity contribution is 0.333. The maximum absolute atomic E-state index is 2.31. The highest BCUT2D eigenvalue weighted by Crippen LogP contribution is 2.42. The van der Waals surface area contributed by atoms with Gasteiger partial charge in [-0.1, -0.05) is 59.9 Å². The molecule has 0 radical (unpaired) electrons. The third kappa shape index (κ3) is 3.39. The van der Waals surface area contributed by atoms with E-state index in [1.54, 1.807) is 0 Å². The van der Waals surface area contributed by atoms with Crippen LogP contribution in [-0.2, 0) is 0 Å². The van der Waals surface area contributed by atoms with Crippen molar-refractivity contribution < 1.29 is 0 Å². The summed E-state index contributed by atoms with van der Waals surface area (Å²) in [6.07, 6.45) is 0. The predicted molar refractivity (Wildman–Crippen MR) is 92.0 cm³/mol. The van der Waals surface area contributed by atoms with Gasteiger partial charge in [-0.15, -0.1) is 0 Å². The van der Waals surface area contributed by atoms with E-state index < -0.39 is 0 Å². The highest BCUT2D eigenvalue weighted by atomic mass is 32.2. The topological polar surface area (TPSA) is 6.48 Å². The fourth-order valence-electron chi connectivity index (χ4n) is 2.22. The third-order valence-electron chi connectivity index (χ3n) is 3.22. The van der Waals surface area contributed by atoms with Crippen LogP contribution in [0.5, 0.6) is 0 Å². The van der Waals surface area contributed by atoms with Crippen LogP contribution < -0.4 is 0 Å². The second-order valence-electron chi connectivity index (χ2n) is 4.98. The minimum absolute atomic E-state index is 0.935. The lowest BCUT2D eigenvalue weighted by Gasteiger charge is -2.15. The van der Waals surface area contributed by atoms with Gasteiger partial charge in [0.15, 0.2) is 0 Å². The van der Waals surface area contributed by atoms with Crippen molar-refractivity contribution in [3.63, 3.8) is 0 Å². The van der Waals surface area contributed by atoms with Gasteiger partial charge >= 0.3 is 0 Å². The summed E-state index contributed by atoms with van der Waals surface area (Å²) in [5.41, 5.74) is 0. The van der Waals surface area contributed by atoms with Crippen LogP contribution in [0.4, 0.5) is 0 Å². The molecule has 0 saturated carbocycles. The molecule has 2 aromatic carbocycles. The van der Waals surface area contributed by atoms with Crippen molar-refractivity contribution in [3.8, 4) is 0 Å². The molecule has 0 N–H and O–H groups in total. The first-order valence-electron chi connectivity index (χ1n) is 6.86. The lowest BCUT2D eigenvalue weighted by Crippen LogP contribution is -2.20. The smallest absolute Gasteiger partial charge is 0.108 e. The molecule has 1 aliphatic heterocycles. The standard InChI is InChI=1S/C17H18N2S2/c1-18-13-19(2)17(21-15-11-7-4-8-12-15)16(18)20-14-9-5-3-6-10-14/h3-12H,13H2,1-2H3. The van der Waals surface area contributed by atoms with Crippen LogP contribution >= 0.6 is 23.5 Å². The summed E-state index contributed by atoms with van der Waals surface area (Å²) >= 11 is 3.67. The normalized spacial score (nSPS) is 15.0. The number of hydrogen-bond acceptors (Lipinski definition) is 4. The summed E-state index contributed by atoms with van der Waals surface area (Å²) < 4.78 is 0. The van der Waals surface area contributed by atoms with E-state index in [2.05, 4.69) is 84.6 Å². The van der Waals surface area contributed by atoms with Crippen molar-refractivity contribution in [1.82, 2.24) is 9.80 Å². The van der Waals surface area contributed by atoms with E-state index in [4.69, 9.17) is 0 Å². The van der Waals surface area contributed by atoms with Crippen LogP contribution in [0.1, 0.15) is 0 Å². The molecule has 1 heterocycles. The molecule has 1 aliphatic rings. The van der Waals surface area contributed by atoms with Gasteiger partial charge in [0.1, 0.15) is 10.1 Å². The summed E-state index contributed by atoms with van der Waals surface area (Å²) in [4.78, 5) is 7.17. The lowest BCUT2D eigenvalue weighted by atomic mass is 10.4. The van der Waals surface area contributed by atoms with Crippen LogP contribution in [0, 0.1) is 0 Å². The molecule has 0 unspecified atom stereocenters. The zero-order valence-corrected chi connectivity index (χ0v) is 13.8. The quantitative estimate of drug-likeness (QED) is 0.817. The van der Waals surface area contributed by atoms with Crippen molar-refractivity contribution in [2.24, 2.45) is 0 Å². The van der Waals surface area contributed by atoms with E-state index in [0.717, 1.165) is 6.67 Å². The summed E-state index contributed by atoms with van der Waals surface area (Å²) in [5, 5.41) is 2.63. The zero-order chi connectivity index (χ0) is 14.7. The summed E-state index contributed by atoms with van der Waals surface area (Å²) in [7, 11) is 4.31. The molecule has 108 valence electrons. The molecule has 0 aromatic heterocycles. The number of benzene rings is 2. The van der Waals surface area contributed by atoms with Gasteiger partial charge in [0.05, 0.1) is 6.67 Å². The van der Waals surface area contributed by atoms with Gasteiger partial charge in [0, 0.05) is 23.9 Å². The van der Waals surface area contributed by atoms with Crippen LogP contribution in [0.3, 0.4) is 0 Å². The molecular weight excluding hydrogens is 296 g/mol. The molecule has 0 atom stereocenters. The van der Waals surface area contributed by atoms with Crippen LogP contribution in [-0.4, -0.2) is 30.6 Å². The average molecular weight is 314 g/mol. The van der Waals surface area contributed by atoms with Crippen molar-refractivity contribution in [2.75, 3.05) is 20.8 Å². The molecule has 0 bridgehead atoms. The van der Waals surface area contributed by atoms with Gasteiger partial charge in [0.2, 0.25) is 0 Å². The van der Waals surface area contributed by atoms with E-state index in [1.807, 2.05) is 23.5 Å². The largest absolute Gasteiger partial charge is 0.349 e. The highest BCUT2D eigenvalue weighted by Gasteiger charge is 2.25. The second kappa shape index (κ2) is 6.50. The Morgan fingerprint density at radius 1 is 0.667 bits per heavy atom. The Kier molecular flexibility index (Phi) is 4.46. The van der Waals surface area contributed by atoms with Gasteiger partial charge in [-0.05, 0) is 24.3 Å². The Morgan fingerprint density at radius 3 is 1.43 bits per heavy atom. The van der Waals surface area contributed by atoms with Crippen LogP contribution in [0.2, 0.25) is 0 Å². The average Bonchev–Trinajstić information content (AvgIpc) is 2.76. The van der Waals surface area contributed by atoms with Crippen LogP contribution in [0.25, 0.3) is 0 Å². The Hall–Kier alpha value is -1.52. The van der Waals surface area contributed by atoms with E-state index in [1.165, 1.54) is 19.8 Å². The second-order valence-corrected chi connectivity index (χ2v) is 7.10. The van der Waals surface area contributed by atoms with E-state index in [-0.39, 0.29) is 0 Å². The first-order chi connectivity index (χ1) is 10.2. The highest BCUT2D eigenvalue weighted by molar-refractivity contribution is 8.06. The molecular formula is C17H18N2S2. The van der Waals surface area contributed by atoms with Crippen molar-refractivity contribution in [1.29, 1.82) is 0 Å². The SMILES string of the molecule is CN1CN(C)C(Sc2ccccc2)=C1Sc1ccccc1. The fraction of sp³-hybridized carbons (Fsp3) is 0.176.